The number of rotatable bonds is 5. The molecule has 1 aliphatic carbocycles. The molecule has 0 aromatic heterocycles. The van der Waals surface area contributed by atoms with E-state index in [2.05, 4.69) is 0 Å². The third kappa shape index (κ3) is 6.36. The number of methoxy groups -OCH3 is 1. The predicted molar refractivity (Wildman–Crippen MR) is 64.2 cm³/mol. The number of hydrogen-bond acceptors (Lipinski definition) is 4. The summed E-state index contributed by atoms with van der Waals surface area (Å²) in [7, 11) is 1.82. The summed E-state index contributed by atoms with van der Waals surface area (Å²) >= 11 is 0. The molecule has 0 aromatic rings. The topological polar surface area (TPSA) is 43.5 Å². The van der Waals surface area contributed by atoms with Crippen molar-refractivity contribution in [2.45, 2.75) is 50.4 Å². The molecular weight excluding hydrogens is 220 g/mol. The smallest absolute Gasteiger partial charge is 0.104 e. The van der Waals surface area contributed by atoms with Crippen LogP contribution in [0, 0.1) is 0 Å². The summed E-state index contributed by atoms with van der Waals surface area (Å²) in [5, 5.41) is 0. The van der Waals surface area contributed by atoms with Crippen LogP contribution in [0.1, 0.15) is 32.1 Å². The van der Waals surface area contributed by atoms with E-state index in [1.165, 1.54) is 32.1 Å². The Bertz CT molecular complexity index is 184. The molecule has 2 atom stereocenters. The molecule has 4 nitrogen and oxygen atoms in total. The first-order valence-corrected chi connectivity index (χ1v) is 6.72. The average Bonchev–Trinajstić information content (AvgIpc) is 3.25. The zero-order valence-electron chi connectivity index (χ0n) is 10.7. The van der Waals surface area contributed by atoms with Gasteiger partial charge in [-0.2, -0.15) is 0 Å². The van der Waals surface area contributed by atoms with Crippen molar-refractivity contribution in [3.05, 3.63) is 0 Å². The zero-order chi connectivity index (χ0) is 11.9. The van der Waals surface area contributed by atoms with E-state index in [-0.39, 0.29) is 0 Å². The fraction of sp³-hybridized carbons (Fsp3) is 1.00. The first kappa shape index (κ1) is 13.3. The maximum absolute atomic E-state index is 5.23. The maximum Gasteiger partial charge on any atom is 0.104 e. The Labute approximate surface area is 104 Å². The van der Waals surface area contributed by atoms with Crippen molar-refractivity contribution in [2.24, 2.45) is 0 Å². The van der Waals surface area contributed by atoms with Crippen LogP contribution in [0.3, 0.4) is 0 Å². The van der Waals surface area contributed by atoms with E-state index in [1.54, 1.807) is 0 Å². The molecule has 2 aliphatic heterocycles. The molecule has 17 heavy (non-hydrogen) atoms. The highest BCUT2D eigenvalue weighted by molar-refractivity contribution is 4.71. The summed E-state index contributed by atoms with van der Waals surface area (Å²) < 4.78 is 20.3. The molecule has 3 rings (SSSR count). The van der Waals surface area contributed by atoms with Crippen molar-refractivity contribution in [3.63, 3.8) is 0 Å². The Morgan fingerprint density at radius 1 is 0.941 bits per heavy atom. The summed E-state index contributed by atoms with van der Waals surface area (Å²) in [4.78, 5) is 0. The normalized spacial score (nSPS) is 31.6. The third-order valence-electron chi connectivity index (χ3n) is 3.30. The fourth-order valence-corrected chi connectivity index (χ4v) is 1.96. The molecule has 2 heterocycles. The quantitative estimate of drug-likeness (QED) is 0.691. The van der Waals surface area contributed by atoms with Gasteiger partial charge in [0, 0.05) is 7.11 Å². The van der Waals surface area contributed by atoms with E-state index < -0.39 is 0 Å². The van der Waals surface area contributed by atoms with E-state index in [0.29, 0.717) is 18.3 Å². The summed E-state index contributed by atoms with van der Waals surface area (Å²) in [6.45, 7) is 3.26. The van der Waals surface area contributed by atoms with Crippen LogP contribution >= 0.6 is 0 Å². The SMILES string of the molecule is C(OCC1CO1)C1CO1.COC1CCCCC1. The molecule has 2 unspecified atom stereocenters. The summed E-state index contributed by atoms with van der Waals surface area (Å²) in [6, 6.07) is 0. The first-order chi connectivity index (χ1) is 8.38. The van der Waals surface area contributed by atoms with Crippen LogP contribution in [0.2, 0.25) is 0 Å². The highest BCUT2D eigenvalue weighted by Gasteiger charge is 2.26. The highest BCUT2D eigenvalue weighted by Crippen LogP contribution is 2.19. The molecule has 4 heteroatoms. The summed E-state index contributed by atoms with van der Waals surface area (Å²) in [5.74, 6) is 0. The number of epoxide rings is 2. The van der Waals surface area contributed by atoms with Gasteiger partial charge >= 0.3 is 0 Å². The first-order valence-electron chi connectivity index (χ1n) is 6.72. The second kappa shape index (κ2) is 7.31. The van der Waals surface area contributed by atoms with Crippen molar-refractivity contribution >= 4 is 0 Å². The Balaban J connectivity index is 0.000000128. The molecular formula is C13H24O4. The second-order valence-electron chi connectivity index (χ2n) is 4.94. The van der Waals surface area contributed by atoms with Crippen LogP contribution < -0.4 is 0 Å². The van der Waals surface area contributed by atoms with Gasteiger partial charge < -0.3 is 18.9 Å². The molecule has 100 valence electrons. The van der Waals surface area contributed by atoms with Crippen LogP contribution in [0.25, 0.3) is 0 Å². The Morgan fingerprint density at radius 3 is 1.82 bits per heavy atom. The minimum absolute atomic E-state index is 0.392. The van der Waals surface area contributed by atoms with Gasteiger partial charge in [-0.05, 0) is 12.8 Å². The lowest BCUT2D eigenvalue weighted by molar-refractivity contribution is 0.0710. The van der Waals surface area contributed by atoms with Gasteiger partial charge in [0.05, 0.1) is 32.5 Å². The van der Waals surface area contributed by atoms with Crippen molar-refractivity contribution < 1.29 is 18.9 Å². The molecule has 3 aliphatic rings. The van der Waals surface area contributed by atoms with Crippen molar-refractivity contribution in [2.75, 3.05) is 33.5 Å². The largest absolute Gasteiger partial charge is 0.381 e. The van der Waals surface area contributed by atoms with Crippen molar-refractivity contribution in [3.8, 4) is 0 Å². The van der Waals surface area contributed by atoms with Gasteiger partial charge in [-0.1, -0.05) is 19.3 Å². The van der Waals surface area contributed by atoms with Crippen LogP contribution in [-0.4, -0.2) is 51.8 Å². The van der Waals surface area contributed by atoms with E-state index in [1.807, 2.05) is 7.11 Å². The number of ether oxygens (including phenoxy) is 4. The van der Waals surface area contributed by atoms with Gasteiger partial charge in [-0.25, -0.2) is 0 Å². The van der Waals surface area contributed by atoms with Gasteiger partial charge in [0.2, 0.25) is 0 Å². The van der Waals surface area contributed by atoms with Gasteiger partial charge in [0.1, 0.15) is 12.2 Å². The average molecular weight is 244 g/mol. The monoisotopic (exact) mass is 244 g/mol. The molecule has 0 bridgehead atoms. The minimum atomic E-state index is 0.392. The predicted octanol–water partition coefficient (Wildman–Crippen LogP) is 1.77. The van der Waals surface area contributed by atoms with Crippen LogP contribution in [0.4, 0.5) is 0 Å². The maximum atomic E-state index is 5.23. The fourth-order valence-electron chi connectivity index (χ4n) is 1.96. The van der Waals surface area contributed by atoms with Crippen LogP contribution in [-0.2, 0) is 18.9 Å². The van der Waals surface area contributed by atoms with E-state index in [9.17, 15) is 0 Å². The molecule has 0 N–H and O–H groups in total. The van der Waals surface area contributed by atoms with Crippen molar-refractivity contribution in [1.29, 1.82) is 0 Å². The van der Waals surface area contributed by atoms with Gasteiger partial charge in [0.15, 0.2) is 0 Å². The third-order valence-corrected chi connectivity index (χ3v) is 3.30. The van der Waals surface area contributed by atoms with Crippen molar-refractivity contribution in [1.82, 2.24) is 0 Å². The molecule has 0 amide bonds. The lowest BCUT2D eigenvalue weighted by Crippen LogP contribution is -2.13. The molecule has 0 radical (unpaired) electrons. The lowest BCUT2D eigenvalue weighted by Gasteiger charge is -2.19. The Hall–Kier alpha value is -0.160. The van der Waals surface area contributed by atoms with E-state index >= 15 is 0 Å². The Kier molecular flexibility index (Phi) is 5.71. The van der Waals surface area contributed by atoms with E-state index in [4.69, 9.17) is 18.9 Å². The molecule has 2 saturated heterocycles. The highest BCUT2D eigenvalue weighted by atomic mass is 16.6. The number of hydrogen-bond donors (Lipinski definition) is 0. The van der Waals surface area contributed by atoms with Crippen LogP contribution in [0.5, 0.6) is 0 Å². The van der Waals surface area contributed by atoms with E-state index in [0.717, 1.165) is 26.4 Å². The second-order valence-corrected chi connectivity index (χ2v) is 4.94. The summed E-state index contributed by atoms with van der Waals surface area (Å²) in [6.07, 6.45) is 8.11. The van der Waals surface area contributed by atoms with Gasteiger partial charge in [-0.15, -0.1) is 0 Å². The lowest BCUT2D eigenvalue weighted by atomic mass is 9.98. The molecule has 0 spiro atoms. The molecule has 0 aromatic carbocycles. The van der Waals surface area contributed by atoms with Crippen LogP contribution in [0.15, 0.2) is 0 Å². The molecule has 1 saturated carbocycles. The van der Waals surface area contributed by atoms with Gasteiger partial charge in [0.25, 0.3) is 0 Å². The zero-order valence-corrected chi connectivity index (χ0v) is 10.7. The standard InChI is InChI=1S/C7H14O.C6H10O3/c1-8-7-5-3-2-4-6-7;1(5-3-8-5)7-2-6-4-9-6/h7H,2-6H2,1H3;5-6H,1-4H2. The van der Waals surface area contributed by atoms with Gasteiger partial charge in [-0.3, -0.25) is 0 Å². The minimum Gasteiger partial charge on any atom is -0.381 e. The summed E-state index contributed by atoms with van der Waals surface area (Å²) in [5.41, 5.74) is 0. The molecule has 3 fully saturated rings. The Morgan fingerprint density at radius 2 is 1.47 bits per heavy atom.